The molecule has 124 valence electrons. The minimum Gasteiger partial charge on any atom is -0.294 e. The number of aryl methyl sites for hydroxylation is 1. The third-order valence-electron chi connectivity index (χ3n) is 4.50. The lowest BCUT2D eigenvalue weighted by atomic mass is 9.93. The zero-order chi connectivity index (χ0) is 16.4. The number of carbonyl (C=O) groups excluding carboxylic acids is 1. The van der Waals surface area contributed by atoms with Gasteiger partial charge in [0.05, 0.1) is 0 Å². The Labute approximate surface area is 141 Å². The van der Waals surface area contributed by atoms with E-state index in [1.165, 1.54) is 50.5 Å². The van der Waals surface area contributed by atoms with Crippen LogP contribution >= 0.6 is 11.6 Å². The summed E-state index contributed by atoms with van der Waals surface area (Å²) in [4.78, 5) is 12.5. The lowest BCUT2D eigenvalue weighted by molar-refractivity contribution is 0.0977. The summed E-state index contributed by atoms with van der Waals surface area (Å²) in [6.45, 7) is 6.33. The maximum Gasteiger partial charge on any atom is 0.163 e. The average Bonchev–Trinajstić information content (AvgIpc) is 2.52. The SMILES string of the molecule is CCCCCCCCCCC(=O)c1c(CCl)ccc(C)c1C. The number of hydrogen-bond acceptors (Lipinski definition) is 1. The van der Waals surface area contributed by atoms with Crippen LogP contribution in [0, 0.1) is 13.8 Å². The first-order valence-electron chi connectivity index (χ1n) is 8.80. The molecule has 22 heavy (non-hydrogen) atoms. The Balaban J connectivity index is 2.38. The molecule has 0 aliphatic heterocycles. The van der Waals surface area contributed by atoms with Crippen molar-refractivity contribution < 1.29 is 4.79 Å². The topological polar surface area (TPSA) is 17.1 Å². The second kappa shape index (κ2) is 10.8. The van der Waals surface area contributed by atoms with E-state index in [-0.39, 0.29) is 5.78 Å². The van der Waals surface area contributed by atoms with Crippen LogP contribution in [0.2, 0.25) is 0 Å². The first-order chi connectivity index (χ1) is 10.6. The molecule has 1 nitrogen and oxygen atoms in total. The molecule has 1 aromatic carbocycles. The van der Waals surface area contributed by atoms with Crippen LogP contribution in [0.25, 0.3) is 0 Å². The summed E-state index contributed by atoms with van der Waals surface area (Å²) in [6.07, 6.45) is 10.7. The molecular formula is C20H31ClO. The summed E-state index contributed by atoms with van der Waals surface area (Å²) >= 11 is 5.99. The minimum atomic E-state index is 0.267. The van der Waals surface area contributed by atoms with Gasteiger partial charge in [0, 0.05) is 17.9 Å². The molecule has 1 rings (SSSR count). The van der Waals surface area contributed by atoms with Crippen LogP contribution in [0.4, 0.5) is 0 Å². The van der Waals surface area contributed by atoms with Gasteiger partial charge in [0.15, 0.2) is 5.78 Å². The Morgan fingerprint density at radius 2 is 1.55 bits per heavy atom. The standard InChI is InChI=1S/C20H31ClO/c1-4-5-6-7-8-9-10-11-12-19(22)20-17(3)16(2)13-14-18(20)15-21/h13-14H,4-12,15H2,1-3H3. The minimum absolute atomic E-state index is 0.267. The number of ketones is 1. The zero-order valence-electron chi connectivity index (χ0n) is 14.5. The van der Waals surface area contributed by atoms with E-state index in [0.717, 1.165) is 23.1 Å². The highest BCUT2D eigenvalue weighted by atomic mass is 35.5. The molecule has 1 aromatic rings. The van der Waals surface area contributed by atoms with Crippen LogP contribution in [0.3, 0.4) is 0 Å². The van der Waals surface area contributed by atoms with E-state index in [1.54, 1.807) is 0 Å². The van der Waals surface area contributed by atoms with E-state index >= 15 is 0 Å². The highest BCUT2D eigenvalue weighted by molar-refractivity contribution is 6.18. The van der Waals surface area contributed by atoms with Gasteiger partial charge in [-0.25, -0.2) is 0 Å². The third-order valence-corrected chi connectivity index (χ3v) is 4.79. The van der Waals surface area contributed by atoms with Crippen LogP contribution in [0.5, 0.6) is 0 Å². The molecule has 0 unspecified atom stereocenters. The second-order valence-electron chi connectivity index (χ2n) is 6.32. The van der Waals surface area contributed by atoms with Gasteiger partial charge >= 0.3 is 0 Å². The van der Waals surface area contributed by atoms with Gasteiger partial charge in [-0.1, -0.05) is 64.0 Å². The fraction of sp³-hybridized carbons (Fsp3) is 0.650. The summed E-state index contributed by atoms with van der Waals surface area (Å²) in [5.74, 6) is 0.683. The number of benzene rings is 1. The van der Waals surface area contributed by atoms with E-state index in [4.69, 9.17) is 11.6 Å². The molecule has 0 amide bonds. The van der Waals surface area contributed by atoms with E-state index in [1.807, 2.05) is 13.0 Å². The summed E-state index contributed by atoms with van der Waals surface area (Å²) in [5, 5.41) is 0. The molecule has 0 aromatic heterocycles. The van der Waals surface area contributed by atoms with E-state index < -0.39 is 0 Å². The Morgan fingerprint density at radius 1 is 0.955 bits per heavy atom. The Kier molecular flexibility index (Phi) is 9.47. The molecule has 0 N–H and O–H groups in total. The summed E-state index contributed by atoms with van der Waals surface area (Å²) in [7, 11) is 0. The quantitative estimate of drug-likeness (QED) is 0.250. The van der Waals surface area contributed by atoms with E-state index in [9.17, 15) is 4.79 Å². The maximum absolute atomic E-state index is 12.5. The van der Waals surface area contributed by atoms with Crippen LogP contribution in [0.1, 0.15) is 91.8 Å². The highest BCUT2D eigenvalue weighted by Crippen LogP contribution is 2.22. The molecule has 2 heteroatoms. The number of carbonyl (C=O) groups is 1. The second-order valence-corrected chi connectivity index (χ2v) is 6.59. The average molecular weight is 323 g/mol. The number of Topliss-reactive ketones (excluding diaryl/α,β-unsaturated/α-hetero) is 1. The number of halogens is 1. The van der Waals surface area contributed by atoms with Crippen molar-refractivity contribution in [3.05, 3.63) is 34.4 Å². The number of alkyl halides is 1. The van der Waals surface area contributed by atoms with Crippen molar-refractivity contribution in [2.24, 2.45) is 0 Å². The molecular weight excluding hydrogens is 292 g/mol. The lowest BCUT2D eigenvalue weighted by Crippen LogP contribution is -2.07. The highest BCUT2D eigenvalue weighted by Gasteiger charge is 2.14. The van der Waals surface area contributed by atoms with Gasteiger partial charge in [0.2, 0.25) is 0 Å². The van der Waals surface area contributed by atoms with Gasteiger partial charge < -0.3 is 0 Å². The zero-order valence-corrected chi connectivity index (χ0v) is 15.3. The Hall–Kier alpha value is -0.820. The van der Waals surface area contributed by atoms with Crippen molar-refractivity contribution in [2.75, 3.05) is 0 Å². The van der Waals surface area contributed by atoms with Crippen LogP contribution in [-0.2, 0) is 5.88 Å². The molecule has 0 radical (unpaired) electrons. The van der Waals surface area contributed by atoms with Crippen molar-refractivity contribution in [3.63, 3.8) is 0 Å². The third kappa shape index (κ3) is 6.12. The predicted octanol–water partition coefficient (Wildman–Crippen LogP) is 6.76. The van der Waals surface area contributed by atoms with E-state index in [0.29, 0.717) is 12.3 Å². The predicted molar refractivity (Wildman–Crippen MR) is 97.0 cm³/mol. The van der Waals surface area contributed by atoms with Crippen molar-refractivity contribution in [3.8, 4) is 0 Å². The number of unbranched alkanes of at least 4 members (excludes halogenated alkanes) is 7. The summed E-state index contributed by atoms with van der Waals surface area (Å²) < 4.78 is 0. The van der Waals surface area contributed by atoms with Crippen molar-refractivity contribution >= 4 is 17.4 Å². The van der Waals surface area contributed by atoms with Crippen molar-refractivity contribution in [2.45, 2.75) is 84.4 Å². The fourth-order valence-electron chi connectivity index (χ4n) is 2.92. The van der Waals surface area contributed by atoms with Gasteiger partial charge in [0.1, 0.15) is 0 Å². The van der Waals surface area contributed by atoms with Gasteiger partial charge in [0.25, 0.3) is 0 Å². The number of hydrogen-bond donors (Lipinski definition) is 0. The van der Waals surface area contributed by atoms with E-state index in [2.05, 4.69) is 19.9 Å². The van der Waals surface area contributed by atoms with Gasteiger partial charge in [-0.05, 0) is 37.0 Å². The van der Waals surface area contributed by atoms with Gasteiger partial charge in [-0.15, -0.1) is 11.6 Å². The molecule has 0 aliphatic carbocycles. The lowest BCUT2D eigenvalue weighted by Gasteiger charge is -2.12. The van der Waals surface area contributed by atoms with Crippen LogP contribution in [0.15, 0.2) is 12.1 Å². The fourth-order valence-corrected chi connectivity index (χ4v) is 3.14. The first kappa shape index (κ1) is 19.2. The molecule has 0 bridgehead atoms. The Morgan fingerprint density at radius 3 is 2.14 bits per heavy atom. The van der Waals surface area contributed by atoms with Crippen LogP contribution < -0.4 is 0 Å². The molecule has 0 saturated heterocycles. The molecule has 0 fully saturated rings. The largest absolute Gasteiger partial charge is 0.294 e. The molecule has 0 heterocycles. The summed E-state index contributed by atoms with van der Waals surface area (Å²) in [6, 6.07) is 4.05. The maximum atomic E-state index is 12.5. The smallest absolute Gasteiger partial charge is 0.163 e. The Bertz CT molecular complexity index is 465. The van der Waals surface area contributed by atoms with Crippen molar-refractivity contribution in [1.82, 2.24) is 0 Å². The van der Waals surface area contributed by atoms with Gasteiger partial charge in [-0.3, -0.25) is 4.79 Å². The molecule has 0 aliphatic rings. The van der Waals surface area contributed by atoms with Crippen molar-refractivity contribution in [1.29, 1.82) is 0 Å². The monoisotopic (exact) mass is 322 g/mol. The molecule has 0 spiro atoms. The first-order valence-corrected chi connectivity index (χ1v) is 9.33. The van der Waals surface area contributed by atoms with Gasteiger partial charge in [-0.2, -0.15) is 0 Å². The van der Waals surface area contributed by atoms with Crippen LogP contribution in [-0.4, -0.2) is 5.78 Å². The molecule has 0 atom stereocenters. The molecule has 0 saturated carbocycles. The number of rotatable bonds is 11. The normalized spacial score (nSPS) is 10.9. The summed E-state index contributed by atoms with van der Waals surface area (Å²) in [5.41, 5.74) is 4.13.